The molecule has 1 aromatic carbocycles. The average Bonchev–Trinajstić information content (AvgIpc) is 2.95. The number of hydrogen-bond donors (Lipinski definition) is 0. The highest BCUT2D eigenvalue weighted by molar-refractivity contribution is 8.00. The van der Waals surface area contributed by atoms with Crippen LogP contribution in [0.15, 0.2) is 18.2 Å². The summed E-state index contributed by atoms with van der Waals surface area (Å²) in [7, 11) is 0. The van der Waals surface area contributed by atoms with Crippen molar-refractivity contribution in [2.75, 3.05) is 5.75 Å². The van der Waals surface area contributed by atoms with Gasteiger partial charge < -0.3 is 4.57 Å². The molecule has 2 aromatic rings. The second-order valence-corrected chi connectivity index (χ2v) is 7.61. The van der Waals surface area contributed by atoms with Crippen LogP contribution in [0.2, 0.25) is 5.02 Å². The second-order valence-electron chi connectivity index (χ2n) is 5.26. The minimum atomic E-state index is 0.271. The number of hydrogen-bond acceptors (Lipinski definition) is 2. The summed E-state index contributed by atoms with van der Waals surface area (Å²) in [5, 5.41) is 0.757. The first-order valence-corrected chi connectivity index (χ1v) is 8.36. The normalized spacial score (nSPS) is 23.3. The van der Waals surface area contributed by atoms with Crippen LogP contribution in [-0.2, 0) is 12.4 Å². The Morgan fingerprint density at radius 3 is 3.00 bits per heavy atom. The van der Waals surface area contributed by atoms with Crippen molar-refractivity contribution in [1.82, 2.24) is 9.55 Å². The third-order valence-corrected chi connectivity index (χ3v) is 5.78. The van der Waals surface area contributed by atoms with Crippen molar-refractivity contribution in [3.63, 3.8) is 0 Å². The number of halogens is 2. The van der Waals surface area contributed by atoms with E-state index in [1.54, 1.807) is 0 Å². The van der Waals surface area contributed by atoms with E-state index in [4.69, 9.17) is 23.2 Å². The fourth-order valence-electron chi connectivity index (χ4n) is 2.76. The summed E-state index contributed by atoms with van der Waals surface area (Å²) < 4.78 is 2.48. The first-order valence-electron chi connectivity index (χ1n) is 6.46. The summed E-state index contributed by atoms with van der Waals surface area (Å²) >= 11 is 14.4. The molecule has 1 aromatic heterocycles. The van der Waals surface area contributed by atoms with Crippen LogP contribution in [0.3, 0.4) is 0 Å². The van der Waals surface area contributed by atoms with Gasteiger partial charge in [-0.3, -0.25) is 0 Å². The van der Waals surface area contributed by atoms with Gasteiger partial charge in [0.15, 0.2) is 0 Å². The summed E-state index contributed by atoms with van der Waals surface area (Å²) in [6, 6.07) is 5.86. The molecule has 19 heavy (non-hydrogen) atoms. The molecule has 0 radical (unpaired) electrons. The Kier molecular flexibility index (Phi) is 3.71. The molecule has 1 saturated heterocycles. The lowest BCUT2D eigenvalue weighted by Crippen LogP contribution is -2.24. The molecular weight excluding hydrogens is 299 g/mol. The van der Waals surface area contributed by atoms with Crippen molar-refractivity contribution in [3.05, 3.63) is 29.0 Å². The third kappa shape index (κ3) is 2.48. The van der Waals surface area contributed by atoms with Gasteiger partial charge in [0.1, 0.15) is 5.82 Å². The topological polar surface area (TPSA) is 17.8 Å². The standard InChI is InChI=1S/C14H16Cl2N2S/c1-14(6-3-7-19-14)9-18-12(8-15)17-11-5-2-4-10(16)13(11)18/h2,4-5H,3,6-9H2,1H3. The van der Waals surface area contributed by atoms with Gasteiger partial charge in [0.2, 0.25) is 0 Å². The molecular formula is C14H16Cl2N2S. The Morgan fingerprint density at radius 2 is 2.32 bits per heavy atom. The molecule has 3 rings (SSSR count). The van der Waals surface area contributed by atoms with Crippen LogP contribution < -0.4 is 0 Å². The molecule has 0 spiro atoms. The highest BCUT2D eigenvalue weighted by atomic mass is 35.5. The van der Waals surface area contributed by atoms with Gasteiger partial charge in [-0.15, -0.1) is 11.6 Å². The van der Waals surface area contributed by atoms with E-state index >= 15 is 0 Å². The Labute approximate surface area is 127 Å². The SMILES string of the molecule is CC1(Cn2c(CCl)nc3cccc(Cl)c32)CCCS1. The van der Waals surface area contributed by atoms with Crippen LogP contribution in [0.1, 0.15) is 25.6 Å². The Bertz CT molecular complexity index is 603. The highest BCUT2D eigenvalue weighted by Crippen LogP contribution is 2.40. The minimum Gasteiger partial charge on any atom is -0.324 e. The van der Waals surface area contributed by atoms with Crippen molar-refractivity contribution in [2.24, 2.45) is 0 Å². The lowest BCUT2D eigenvalue weighted by atomic mass is 10.1. The number of benzene rings is 1. The number of imidazole rings is 1. The molecule has 0 saturated carbocycles. The van der Waals surface area contributed by atoms with Crippen LogP contribution in [0.25, 0.3) is 11.0 Å². The van der Waals surface area contributed by atoms with Crippen molar-refractivity contribution >= 4 is 46.0 Å². The molecule has 1 atom stereocenters. The van der Waals surface area contributed by atoms with E-state index in [-0.39, 0.29) is 4.75 Å². The Hall–Kier alpha value is -0.380. The third-order valence-electron chi connectivity index (χ3n) is 3.71. The van der Waals surface area contributed by atoms with E-state index < -0.39 is 0 Å². The fourth-order valence-corrected chi connectivity index (χ4v) is 4.52. The summed E-state index contributed by atoms with van der Waals surface area (Å²) in [4.78, 5) is 4.60. The molecule has 0 N–H and O–H groups in total. The second kappa shape index (κ2) is 5.19. The van der Waals surface area contributed by atoms with E-state index in [0.717, 1.165) is 28.4 Å². The first kappa shape index (κ1) is 13.6. The van der Waals surface area contributed by atoms with Gasteiger partial charge in [0.05, 0.1) is 21.9 Å². The monoisotopic (exact) mass is 314 g/mol. The van der Waals surface area contributed by atoms with E-state index in [0.29, 0.717) is 5.88 Å². The van der Waals surface area contributed by atoms with E-state index in [2.05, 4.69) is 16.5 Å². The number of para-hydroxylation sites is 1. The molecule has 1 fully saturated rings. The van der Waals surface area contributed by atoms with E-state index in [1.165, 1.54) is 18.6 Å². The maximum absolute atomic E-state index is 6.35. The summed E-state index contributed by atoms with van der Waals surface area (Å²) in [6.07, 6.45) is 2.53. The number of thioether (sulfide) groups is 1. The number of nitrogens with zero attached hydrogens (tertiary/aromatic N) is 2. The van der Waals surface area contributed by atoms with Crippen LogP contribution in [0, 0.1) is 0 Å². The first-order chi connectivity index (χ1) is 9.13. The lowest BCUT2D eigenvalue weighted by molar-refractivity contribution is 0.510. The van der Waals surface area contributed by atoms with Crippen LogP contribution >= 0.6 is 35.0 Å². The summed E-state index contributed by atoms with van der Waals surface area (Å²) in [5.41, 5.74) is 1.96. The quantitative estimate of drug-likeness (QED) is 0.763. The summed E-state index contributed by atoms with van der Waals surface area (Å²) in [5.74, 6) is 2.58. The molecule has 1 unspecified atom stereocenters. The van der Waals surface area contributed by atoms with Gasteiger partial charge in [0.25, 0.3) is 0 Å². The average molecular weight is 315 g/mol. The highest BCUT2D eigenvalue weighted by Gasteiger charge is 2.31. The van der Waals surface area contributed by atoms with E-state index in [1.807, 2.05) is 30.0 Å². The molecule has 102 valence electrons. The van der Waals surface area contributed by atoms with Gasteiger partial charge in [-0.1, -0.05) is 17.7 Å². The predicted octanol–water partition coefficient (Wildman–Crippen LogP) is 4.71. The predicted molar refractivity (Wildman–Crippen MR) is 84.4 cm³/mol. The van der Waals surface area contributed by atoms with Crippen molar-refractivity contribution in [2.45, 2.75) is 36.9 Å². The zero-order valence-electron chi connectivity index (χ0n) is 10.8. The maximum atomic E-state index is 6.35. The van der Waals surface area contributed by atoms with Crippen molar-refractivity contribution in [3.8, 4) is 0 Å². The Morgan fingerprint density at radius 1 is 1.47 bits per heavy atom. The smallest absolute Gasteiger partial charge is 0.124 e. The largest absolute Gasteiger partial charge is 0.324 e. The minimum absolute atomic E-state index is 0.271. The molecule has 1 aliphatic heterocycles. The Balaban J connectivity index is 2.10. The lowest BCUT2D eigenvalue weighted by Gasteiger charge is -2.24. The van der Waals surface area contributed by atoms with Crippen molar-refractivity contribution < 1.29 is 0 Å². The van der Waals surface area contributed by atoms with Gasteiger partial charge in [-0.2, -0.15) is 11.8 Å². The molecule has 0 bridgehead atoms. The van der Waals surface area contributed by atoms with Crippen LogP contribution in [0.5, 0.6) is 0 Å². The molecule has 5 heteroatoms. The van der Waals surface area contributed by atoms with Crippen LogP contribution in [0.4, 0.5) is 0 Å². The number of rotatable bonds is 3. The molecule has 1 aliphatic rings. The maximum Gasteiger partial charge on any atom is 0.124 e. The van der Waals surface area contributed by atoms with Crippen LogP contribution in [-0.4, -0.2) is 20.1 Å². The van der Waals surface area contributed by atoms with Gasteiger partial charge in [0, 0.05) is 11.3 Å². The summed E-state index contributed by atoms with van der Waals surface area (Å²) in [6.45, 7) is 3.26. The zero-order valence-corrected chi connectivity index (χ0v) is 13.2. The van der Waals surface area contributed by atoms with Crippen molar-refractivity contribution in [1.29, 1.82) is 0 Å². The van der Waals surface area contributed by atoms with Gasteiger partial charge in [-0.25, -0.2) is 4.98 Å². The molecule has 2 nitrogen and oxygen atoms in total. The van der Waals surface area contributed by atoms with Gasteiger partial charge >= 0.3 is 0 Å². The van der Waals surface area contributed by atoms with Gasteiger partial charge in [-0.05, 0) is 37.7 Å². The molecule has 0 amide bonds. The molecule has 2 heterocycles. The number of alkyl halides is 1. The zero-order chi connectivity index (χ0) is 13.5. The van der Waals surface area contributed by atoms with E-state index in [9.17, 15) is 0 Å². The number of fused-ring (bicyclic) bond motifs is 1. The fraction of sp³-hybridized carbons (Fsp3) is 0.500. The number of aromatic nitrogens is 2. The molecule has 0 aliphatic carbocycles.